The minimum Gasteiger partial charge on any atom is -0.481 e. The summed E-state index contributed by atoms with van der Waals surface area (Å²) in [5, 5.41) is 21.9. The standard InChI is InChI=1S/C25H23Cl2N3O6S4/c26-15-1-2-17(27)18(9-15)39-12-19(31)28-21-23(34)30-22(25(35)36)14(11-40-24(21)30)10-38-16-3-5-29(6-4-16)7-8-37-13-20(32)33/h1-6,9,21,24H,7-8,10-13H2,(H2-,28,31,32,33,35,36)/p+1/t21-,24-/m1/s1. The second-order valence-electron chi connectivity index (χ2n) is 8.58. The molecular formula is C25H24Cl2N3O6S4+. The van der Waals surface area contributed by atoms with Crippen LogP contribution < -0.4 is 9.88 Å². The van der Waals surface area contributed by atoms with Gasteiger partial charge in [0.1, 0.15) is 17.1 Å². The van der Waals surface area contributed by atoms with E-state index in [9.17, 15) is 24.3 Å². The van der Waals surface area contributed by atoms with Gasteiger partial charge in [-0.2, -0.15) is 0 Å². The molecule has 1 saturated heterocycles. The summed E-state index contributed by atoms with van der Waals surface area (Å²) in [4.78, 5) is 51.1. The van der Waals surface area contributed by atoms with E-state index >= 15 is 0 Å². The molecule has 1 aromatic carbocycles. The number of hydrogen-bond donors (Lipinski definition) is 3. The number of amides is 2. The quantitative estimate of drug-likeness (QED) is 0.127. The maximum absolute atomic E-state index is 12.9. The number of fused-ring (bicyclic) bond motifs is 1. The van der Waals surface area contributed by atoms with E-state index in [0.717, 1.165) is 4.90 Å². The normalized spacial score (nSPS) is 18.2. The van der Waals surface area contributed by atoms with E-state index < -0.39 is 29.3 Å². The monoisotopic (exact) mass is 660 g/mol. The van der Waals surface area contributed by atoms with Gasteiger partial charge in [-0.25, -0.2) is 9.36 Å². The molecule has 0 radical (unpaired) electrons. The van der Waals surface area contributed by atoms with Gasteiger partial charge >= 0.3 is 11.9 Å². The molecule has 3 N–H and O–H groups in total. The Bertz CT molecular complexity index is 1340. The van der Waals surface area contributed by atoms with Crippen LogP contribution in [0.15, 0.2) is 63.8 Å². The van der Waals surface area contributed by atoms with E-state index in [1.54, 1.807) is 18.2 Å². The summed E-state index contributed by atoms with van der Waals surface area (Å²) in [7, 11) is 0. The number of carboxylic acids is 2. The minimum absolute atomic E-state index is 0.0201. The summed E-state index contributed by atoms with van der Waals surface area (Å²) in [6.07, 6.45) is 3.79. The fourth-order valence-electron chi connectivity index (χ4n) is 3.93. The molecule has 2 aliphatic rings. The number of aliphatic carboxylic acids is 2. The van der Waals surface area contributed by atoms with E-state index in [1.165, 1.54) is 51.9 Å². The van der Waals surface area contributed by atoms with Crippen molar-refractivity contribution in [2.45, 2.75) is 27.8 Å². The van der Waals surface area contributed by atoms with Crippen LogP contribution in [-0.2, 0) is 25.7 Å². The molecule has 0 aliphatic carbocycles. The van der Waals surface area contributed by atoms with Gasteiger partial charge in [0.05, 0.1) is 22.3 Å². The lowest BCUT2D eigenvalue weighted by Crippen LogP contribution is -2.70. The van der Waals surface area contributed by atoms with E-state index in [1.807, 2.05) is 29.1 Å². The van der Waals surface area contributed by atoms with Crippen LogP contribution in [0.25, 0.3) is 0 Å². The molecule has 2 aliphatic heterocycles. The number of aromatic nitrogens is 1. The summed E-state index contributed by atoms with van der Waals surface area (Å²) < 4.78 is 1.96. The molecule has 0 bridgehead atoms. The third-order valence-electron chi connectivity index (χ3n) is 5.81. The van der Waals surface area contributed by atoms with Crippen LogP contribution in [0.5, 0.6) is 0 Å². The van der Waals surface area contributed by atoms with Gasteiger partial charge in [0.15, 0.2) is 18.9 Å². The average molecular weight is 662 g/mol. The van der Waals surface area contributed by atoms with Crippen molar-refractivity contribution in [1.29, 1.82) is 0 Å². The fourth-order valence-corrected chi connectivity index (χ4v) is 8.26. The number of thioether (sulfide) groups is 4. The fraction of sp³-hybridized carbons (Fsp3) is 0.320. The number of pyridine rings is 1. The number of aryl methyl sites for hydroxylation is 1. The van der Waals surface area contributed by atoms with Gasteiger partial charge in [0, 0.05) is 38.5 Å². The highest BCUT2D eigenvalue weighted by Crippen LogP contribution is 2.41. The van der Waals surface area contributed by atoms with Gasteiger partial charge in [0.2, 0.25) is 5.91 Å². The number of carbonyl (C=O) groups excluding carboxylic acids is 2. The van der Waals surface area contributed by atoms with Crippen molar-refractivity contribution in [2.24, 2.45) is 0 Å². The molecule has 2 aromatic rings. The Hall–Kier alpha value is -2.03. The zero-order chi connectivity index (χ0) is 28.8. The molecule has 4 rings (SSSR count). The van der Waals surface area contributed by atoms with Crippen molar-refractivity contribution >= 4 is 94.0 Å². The van der Waals surface area contributed by atoms with Gasteiger partial charge in [0.25, 0.3) is 5.91 Å². The maximum Gasteiger partial charge on any atom is 0.352 e. The molecule has 0 spiro atoms. The average Bonchev–Trinajstić information content (AvgIpc) is 2.93. The minimum atomic E-state index is -1.17. The van der Waals surface area contributed by atoms with Gasteiger partial charge in [-0.1, -0.05) is 23.2 Å². The van der Waals surface area contributed by atoms with Crippen molar-refractivity contribution in [3.05, 3.63) is 64.0 Å². The lowest BCUT2D eigenvalue weighted by Gasteiger charge is -2.49. The van der Waals surface area contributed by atoms with Crippen LogP contribution in [0.1, 0.15) is 0 Å². The first-order valence-electron chi connectivity index (χ1n) is 11.8. The summed E-state index contributed by atoms with van der Waals surface area (Å²) >= 11 is 17.6. The Labute approximate surface area is 257 Å². The van der Waals surface area contributed by atoms with E-state index in [0.29, 0.717) is 44.3 Å². The van der Waals surface area contributed by atoms with Crippen LogP contribution in [0.4, 0.5) is 0 Å². The molecule has 15 heteroatoms. The summed E-state index contributed by atoms with van der Waals surface area (Å²) in [5.74, 6) is -1.21. The van der Waals surface area contributed by atoms with Crippen molar-refractivity contribution < 1.29 is 34.0 Å². The van der Waals surface area contributed by atoms with Crippen molar-refractivity contribution in [1.82, 2.24) is 10.2 Å². The number of carboxylic acid groups (broad SMARTS) is 2. The number of hydrogen-bond acceptors (Lipinski definition) is 8. The molecule has 1 aromatic heterocycles. The molecule has 0 saturated carbocycles. The third-order valence-corrected chi connectivity index (χ3v) is 10.9. The first-order chi connectivity index (χ1) is 19.1. The molecular weight excluding hydrogens is 637 g/mol. The second kappa shape index (κ2) is 14.2. The maximum atomic E-state index is 12.9. The first kappa shape index (κ1) is 30.9. The zero-order valence-electron chi connectivity index (χ0n) is 20.7. The molecule has 9 nitrogen and oxygen atoms in total. The molecule has 3 heterocycles. The number of nitrogens with one attached hydrogen (secondary N) is 1. The van der Waals surface area contributed by atoms with Crippen LogP contribution in [0.3, 0.4) is 0 Å². The summed E-state index contributed by atoms with van der Waals surface area (Å²) in [6.45, 7) is 0.678. The Morgan fingerprint density at radius 3 is 2.55 bits per heavy atom. The third kappa shape index (κ3) is 7.83. The number of benzene rings is 1. The molecule has 212 valence electrons. The number of rotatable bonds is 13. The Morgan fingerprint density at radius 1 is 1.10 bits per heavy atom. The number of halogens is 2. The van der Waals surface area contributed by atoms with Crippen LogP contribution >= 0.6 is 70.2 Å². The van der Waals surface area contributed by atoms with Crippen molar-refractivity contribution in [3.8, 4) is 0 Å². The largest absolute Gasteiger partial charge is 0.481 e. The molecule has 0 unspecified atom stereocenters. The lowest BCUT2D eigenvalue weighted by atomic mass is 10.0. The molecule has 2 atom stereocenters. The van der Waals surface area contributed by atoms with Crippen LogP contribution in [0.2, 0.25) is 10.0 Å². The van der Waals surface area contributed by atoms with Gasteiger partial charge in [-0.05, 0) is 23.8 Å². The van der Waals surface area contributed by atoms with Gasteiger partial charge < -0.3 is 15.5 Å². The molecule has 40 heavy (non-hydrogen) atoms. The van der Waals surface area contributed by atoms with Crippen molar-refractivity contribution in [2.75, 3.05) is 28.8 Å². The Kier molecular flexibility index (Phi) is 11.0. The van der Waals surface area contributed by atoms with Crippen LogP contribution in [-0.4, -0.2) is 79.0 Å². The van der Waals surface area contributed by atoms with E-state index in [2.05, 4.69) is 5.32 Å². The highest BCUT2D eigenvalue weighted by atomic mass is 35.5. The predicted molar refractivity (Wildman–Crippen MR) is 159 cm³/mol. The first-order valence-corrected chi connectivity index (χ1v) is 16.8. The Balaban J connectivity index is 1.31. The molecule has 1 fully saturated rings. The summed E-state index contributed by atoms with van der Waals surface area (Å²) in [6, 6.07) is 8.00. The van der Waals surface area contributed by atoms with Gasteiger partial charge in [-0.15, -0.1) is 47.0 Å². The lowest BCUT2D eigenvalue weighted by molar-refractivity contribution is -0.692. The predicted octanol–water partition coefficient (Wildman–Crippen LogP) is 3.72. The molecule has 2 amide bonds. The number of β-lactam (4-membered cyclic amide) rings is 1. The second-order valence-corrected chi connectivity index (χ2v) is 13.7. The number of carbonyl (C=O) groups is 4. The SMILES string of the molecule is O=C(O)CSCC[n+]1ccc(SCC2=C(C(=O)O)N3C(=O)[C@@H](NC(=O)CSc4cc(Cl)ccc4Cl)[C@H]3SC2)cc1. The van der Waals surface area contributed by atoms with Crippen LogP contribution in [0, 0.1) is 0 Å². The smallest absolute Gasteiger partial charge is 0.352 e. The number of nitrogens with zero attached hydrogens (tertiary/aromatic N) is 2. The zero-order valence-corrected chi connectivity index (χ0v) is 25.5. The highest BCUT2D eigenvalue weighted by molar-refractivity contribution is 8.01. The van der Waals surface area contributed by atoms with E-state index in [4.69, 9.17) is 28.3 Å². The van der Waals surface area contributed by atoms with E-state index in [-0.39, 0.29) is 23.1 Å². The summed E-state index contributed by atoms with van der Waals surface area (Å²) in [5.41, 5.74) is 0.623. The van der Waals surface area contributed by atoms with Crippen molar-refractivity contribution in [3.63, 3.8) is 0 Å². The Morgan fingerprint density at radius 2 is 1.85 bits per heavy atom. The topological polar surface area (TPSA) is 128 Å². The highest BCUT2D eigenvalue weighted by Gasteiger charge is 2.54. The van der Waals surface area contributed by atoms with Gasteiger partial charge in [-0.3, -0.25) is 19.3 Å².